The topological polar surface area (TPSA) is 41.5 Å². The van der Waals surface area contributed by atoms with Crippen LogP contribution < -0.4 is 5.32 Å². The molecule has 1 aromatic rings. The number of benzene rings is 1. The number of nitrogens with one attached hydrogen (secondary N) is 1. The second-order valence-electron chi connectivity index (χ2n) is 3.79. The van der Waals surface area contributed by atoms with Crippen LogP contribution in [0.4, 0.5) is 0 Å². The first-order valence-corrected chi connectivity index (χ1v) is 5.44. The van der Waals surface area contributed by atoms with Crippen LogP contribution in [0.2, 0.25) is 0 Å². The van der Waals surface area contributed by atoms with Gasteiger partial charge in [0.25, 0.3) is 0 Å². The molecule has 15 heavy (non-hydrogen) atoms. The van der Waals surface area contributed by atoms with Crippen molar-refractivity contribution in [1.82, 2.24) is 5.32 Å². The largest absolute Gasteiger partial charge is 0.507 e. The molecule has 1 atom stereocenters. The highest BCUT2D eigenvalue weighted by Gasteiger charge is 2.19. The lowest BCUT2D eigenvalue weighted by molar-refractivity contribution is 0.0760. The van der Waals surface area contributed by atoms with Gasteiger partial charge in [-0.2, -0.15) is 0 Å². The molecule has 0 radical (unpaired) electrons. The van der Waals surface area contributed by atoms with E-state index in [4.69, 9.17) is 4.74 Å². The van der Waals surface area contributed by atoms with Crippen molar-refractivity contribution in [3.8, 4) is 5.75 Å². The number of morpholine rings is 1. The summed E-state index contributed by atoms with van der Waals surface area (Å²) in [6.07, 6.45) is 0.854. The molecule has 0 bridgehead atoms. The molecule has 2 rings (SSSR count). The highest BCUT2D eigenvalue weighted by molar-refractivity contribution is 5.42. The van der Waals surface area contributed by atoms with Crippen molar-refractivity contribution >= 4 is 0 Å². The molecule has 0 spiro atoms. The maximum absolute atomic E-state index is 10.0. The van der Waals surface area contributed by atoms with Crippen LogP contribution in [0.5, 0.6) is 5.75 Å². The first kappa shape index (κ1) is 10.5. The summed E-state index contributed by atoms with van der Waals surface area (Å²) in [7, 11) is 0. The molecule has 1 fully saturated rings. The molecule has 82 valence electrons. The maximum Gasteiger partial charge on any atom is 0.123 e. The van der Waals surface area contributed by atoms with E-state index in [-0.39, 0.29) is 6.04 Å². The Balaban J connectivity index is 2.26. The molecule has 0 unspecified atom stereocenters. The van der Waals surface area contributed by atoms with Crippen molar-refractivity contribution in [2.45, 2.75) is 19.4 Å². The number of hydrogen-bond acceptors (Lipinski definition) is 3. The lowest BCUT2D eigenvalue weighted by Gasteiger charge is -2.25. The van der Waals surface area contributed by atoms with Crippen molar-refractivity contribution in [2.24, 2.45) is 0 Å². The van der Waals surface area contributed by atoms with Gasteiger partial charge in [0.2, 0.25) is 0 Å². The summed E-state index contributed by atoms with van der Waals surface area (Å²) in [5, 5.41) is 13.4. The first-order chi connectivity index (χ1) is 7.33. The Kier molecular flexibility index (Phi) is 3.23. The standard InChI is InChI=1S/C12H17NO2/c1-2-9-4-3-5-10(12(9)14)11-8-15-7-6-13-11/h3-5,11,13-14H,2,6-8H2,1H3/t11-/m1/s1. The molecule has 1 aliphatic rings. The maximum atomic E-state index is 10.0. The number of aryl methyl sites for hydroxylation is 1. The van der Waals surface area contributed by atoms with Gasteiger partial charge in [-0.05, 0) is 12.0 Å². The average molecular weight is 207 g/mol. The summed E-state index contributed by atoms with van der Waals surface area (Å²) in [6, 6.07) is 6.04. The molecule has 0 saturated carbocycles. The monoisotopic (exact) mass is 207 g/mol. The smallest absolute Gasteiger partial charge is 0.123 e. The van der Waals surface area contributed by atoms with Gasteiger partial charge >= 0.3 is 0 Å². The lowest BCUT2D eigenvalue weighted by atomic mass is 10.0. The third kappa shape index (κ3) is 2.13. The first-order valence-electron chi connectivity index (χ1n) is 5.44. The van der Waals surface area contributed by atoms with E-state index in [2.05, 4.69) is 5.32 Å². The highest BCUT2D eigenvalue weighted by atomic mass is 16.5. The fraction of sp³-hybridized carbons (Fsp3) is 0.500. The quantitative estimate of drug-likeness (QED) is 0.774. The summed E-state index contributed by atoms with van der Waals surface area (Å²) in [5.41, 5.74) is 1.95. The van der Waals surface area contributed by atoms with E-state index >= 15 is 0 Å². The molecular weight excluding hydrogens is 190 g/mol. The molecular formula is C12H17NO2. The Morgan fingerprint density at radius 3 is 3.07 bits per heavy atom. The Morgan fingerprint density at radius 1 is 1.53 bits per heavy atom. The number of rotatable bonds is 2. The fourth-order valence-corrected chi connectivity index (χ4v) is 1.94. The van der Waals surface area contributed by atoms with Crippen LogP contribution in [0.3, 0.4) is 0 Å². The SMILES string of the molecule is CCc1cccc([C@H]2COCCN2)c1O. The third-order valence-electron chi connectivity index (χ3n) is 2.83. The number of aromatic hydroxyl groups is 1. The van der Waals surface area contributed by atoms with E-state index in [0.29, 0.717) is 12.4 Å². The van der Waals surface area contributed by atoms with Crippen LogP contribution in [0.15, 0.2) is 18.2 Å². The van der Waals surface area contributed by atoms with E-state index < -0.39 is 0 Å². The number of phenolic OH excluding ortho intramolecular Hbond substituents is 1. The van der Waals surface area contributed by atoms with Gasteiger partial charge in [-0.1, -0.05) is 25.1 Å². The molecule has 0 aliphatic carbocycles. The Bertz CT molecular complexity index is 332. The molecule has 1 aromatic carbocycles. The molecule has 3 nitrogen and oxygen atoms in total. The summed E-state index contributed by atoms with van der Waals surface area (Å²) in [5.74, 6) is 0.419. The summed E-state index contributed by atoms with van der Waals surface area (Å²) < 4.78 is 5.39. The van der Waals surface area contributed by atoms with Gasteiger partial charge in [-0.3, -0.25) is 0 Å². The second kappa shape index (κ2) is 4.64. The van der Waals surface area contributed by atoms with E-state index in [0.717, 1.165) is 30.7 Å². The van der Waals surface area contributed by atoms with Gasteiger partial charge in [0, 0.05) is 12.1 Å². The zero-order chi connectivity index (χ0) is 10.7. The molecule has 1 saturated heterocycles. The van der Waals surface area contributed by atoms with Crippen LogP contribution in [0.1, 0.15) is 24.1 Å². The number of para-hydroxylation sites is 1. The molecule has 0 aromatic heterocycles. The van der Waals surface area contributed by atoms with Gasteiger partial charge in [0.05, 0.1) is 19.3 Å². The predicted octanol–water partition coefficient (Wildman–Crippen LogP) is 1.62. The number of phenols is 1. The van der Waals surface area contributed by atoms with Crippen molar-refractivity contribution in [2.75, 3.05) is 19.8 Å². The molecule has 3 heteroatoms. The van der Waals surface area contributed by atoms with E-state index in [1.807, 2.05) is 25.1 Å². The van der Waals surface area contributed by atoms with Crippen LogP contribution in [-0.2, 0) is 11.2 Å². The second-order valence-corrected chi connectivity index (χ2v) is 3.79. The zero-order valence-corrected chi connectivity index (χ0v) is 8.99. The minimum Gasteiger partial charge on any atom is -0.507 e. The number of ether oxygens (including phenoxy) is 1. The van der Waals surface area contributed by atoms with Gasteiger partial charge in [-0.25, -0.2) is 0 Å². The molecule has 1 aliphatic heterocycles. The summed E-state index contributed by atoms with van der Waals surface area (Å²) in [4.78, 5) is 0. The normalized spacial score (nSPS) is 21.5. The van der Waals surface area contributed by atoms with E-state index in [9.17, 15) is 5.11 Å². The van der Waals surface area contributed by atoms with Crippen molar-refractivity contribution in [3.05, 3.63) is 29.3 Å². The highest BCUT2D eigenvalue weighted by Crippen LogP contribution is 2.29. The minimum atomic E-state index is 0.130. The Morgan fingerprint density at radius 2 is 2.40 bits per heavy atom. The van der Waals surface area contributed by atoms with Crippen molar-refractivity contribution in [3.63, 3.8) is 0 Å². The van der Waals surface area contributed by atoms with Gasteiger partial charge < -0.3 is 15.2 Å². The average Bonchev–Trinajstić information content (AvgIpc) is 2.30. The van der Waals surface area contributed by atoms with Crippen LogP contribution in [0.25, 0.3) is 0 Å². The predicted molar refractivity (Wildman–Crippen MR) is 59.0 cm³/mol. The molecule has 2 N–H and O–H groups in total. The Labute approximate surface area is 90.1 Å². The zero-order valence-electron chi connectivity index (χ0n) is 8.99. The van der Waals surface area contributed by atoms with E-state index in [1.165, 1.54) is 0 Å². The number of hydrogen-bond donors (Lipinski definition) is 2. The van der Waals surface area contributed by atoms with Crippen molar-refractivity contribution < 1.29 is 9.84 Å². The van der Waals surface area contributed by atoms with Crippen LogP contribution >= 0.6 is 0 Å². The van der Waals surface area contributed by atoms with Gasteiger partial charge in [-0.15, -0.1) is 0 Å². The summed E-state index contributed by atoms with van der Waals surface area (Å²) in [6.45, 7) is 4.29. The van der Waals surface area contributed by atoms with Crippen molar-refractivity contribution in [1.29, 1.82) is 0 Å². The van der Waals surface area contributed by atoms with Gasteiger partial charge in [0.1, 0.15) is 5.75 Å². The van der Waals surface area contributed by atoms with Gasteiger partial charge in [0.15, 0.2) is 0 Å². The Hall–Kier alpha value is -1.06. The molecule has 0 amide bonds. The fourth-order valence-electron chi connectivity index (χ4n) is 1.94. The van der Waals surface area contributed by atoms with E-state index in [1.54, 1.807) is 0 Å². The third-order valence-corrected chi connectivity index (χ3v) is 2.83. The molecule has 1 heterocycles. The minimum absolute atomic E-state index is 0.130. The van der Waals surface area contributed by atoms with Crippen LogP contribution in [-0.4, -0.2) is 24.9 Å². The lowest BCUT2D eigenvalue weighted by Crippen LogP contribution is -2.34. The van der Waals surface area contributed by atoms with Crippen LogP contribution in [0, 0.1) is 0 Å². The summed E-state index contributed by atoms with van der Waals surface area (Å²) >= 11 is 0.